The van der Waals surface area contributed by atoms with Crippen LogP contribution in [0.15, 0.2) is 38.4 Å². The van der Waals surface area contributed by atoms with Gasteiger partial charge in [0.1, 0.15) is 17.5 Å². The van der Waals surface area contributed by atoms with Gasteiger partial charge in [0.25, 0.3) is 5.56 Å². The fraction of sp³-hybridized carbons (Fsp3) is 0.273. The maximum atomic E-state index is 15.2. The third kappa shape index (κ3) is 3.07. The number of fused-ring (bicyclic) bond motifs is 2. The molecule has 1 fully saturated rings. The quantitative estimate of drug-likeness (QED) is 0.458. The summed E-state index contributed by atoms with van der Waals surface area (Å²) in [5.74, 6) is -2.74. The standard InChI is InChI=1S/C22H17ClF3N3O3/c23-18-16(9-1-4-11(27)5-2-9)14(26)8-12-19(18)29(15-6-3-10(24)7-13(15)25)22-17(20(12)30)21(31)28-32-22/h3,6-9,11H,1-2,4-5,27H2,(H,28,31). The minimum Gasteiger partial charge on any atom is -0.359 e. The summed E-state index contributed by atoms with van der Waals surface area (Å²) < 4.78 is 49.9. The molecular formula is C22H17ClF3N3O3. The minimum absolute atomic E-state index is 0.0220. The average Bonchev–Trinajstić information content (AvgIpc) is 3.13. The first kappa shape index (κ1) is 20.8. The number of hydrogen-bond acceptors (Lipinski definition) is 4. The zero-order valence-corrected chi connectivity index (χ0v) is 17.3. The number of aromatic nitrogens is 2. The van der Waals surface area contributed by atoms with Crippen LogP contribution < -0.4 is 16.7 Å². The predicted molar refractivity (Wildman–Crippen MR) is 114 cm³/mol. The summed E-state index contributed by atoms with van der Waals surface area (Å²) in [4.78, 5) is 25.3. The van der Waals surface area contributed by atoms with E-state index >= 15 is 4.39 Å². The first-order chi connectivity index (χ1) is 15.3. The van der Waals surface area contributed by atoms with Crippen LogP contribution in [0.5, 0.6) is 0 Å². The van der Waals surface area contributed by atoms with E-state index in [0.717, 1.165) is 22.8 Å². The first-order valence-electron chi connectivity index (χ1n) is 10.1. The molecule has 2 aromatic carbocycles. The largest absolute Gasteiger partial charge is 0.359 e. The van der Waals surface area contributed by atoms with Gasteiger partial charge in [-0.3, -0.25) is 14.2 Å². The van der Waals surface area contributed by atoms with Crippen LogP contribution in [0.25, 0.3) is 27.7 Å². The summed E-state index contributed by atoms with van der Waals surface area (Å²) in [6.45, 7) is 0. The lowest BCUT2D eigenvalue weighted by molar-refractivity contribution is 0.387. The van der Waals surface area contributed by atoms with Crippen molar-refractivity contribution in [1.82, 2.24) is 9.72 Å². The van der Waals surface area contributed by atoms with E-state index < -0.39 is 33.8 Å². The molecule has 0 amide bonds. The Labute approximate surface area is 183 Å². The number of nitrogens with zero attached hydrogens (tertiary/aromatic N) is 1. The second kappa shape index (κ2) is 7.53. The number of benzene rings is 2. The van der Waals surface area contributed by atoms with Gasteiger partial charge >= 0.3 is 0 Å². The van der Waals surface area contributed by atoms with E-state index in [-0.39, 0.29) is 44.8 Å². The highest BCUT2D eigenvalue weighted by atomic mass is 35.5. The third-order valence-electron chi connectivity index (χ3n) is 6.14. The normalized spacial score (nSPS) is 19.2. The molecule has 4 aromatic rings. The van der Waals surface area contributed by atoms with Gasteiger partial charge in [0, 0.05) is 17.7 Å². The number of pyridine rings is 1. The van der Waals surface area contributed by atoms with Crippen molar-refractivity contribution in [2.45, 2.75) is 37.6 Å². The SMILES string of the molecule is NC1CCC(c2c(F)cc3c(=O)c4c(=O)[nH]oc4n(-c4ccc(F)cc4F)c3c2Cl)CC1. The lowest BCUT2D eigenvalue weighted by Crippen LogP contribution is -2.26. The zero-order valence-electron chi connectivity index (χ0n) is 16.6. The molecule has 1 aliphatic rings. The lowest BCUT2D eigenvalue weighted by atomic mass is 9.81. The van der Waals surface area contributed by atoms with Gasteiger partial charge in [0.2, 0.25) is 11.1 Å². The van der Waals surface area contributed by atoms with E-state index in [2.05, 4.69) is 5.16 Å². The zero-order chi connectivity index (χ0) is 22.7. The van der Waals surface area contributed by atoms with Crippen molar-refractivity contribution in [3.8, 4) is 5.69 Å². The van der Waals surface area contributed by atoms with Gasteiger partial charge in [-0.15, -0.1) is 0 Å². The molecule has 0 aliphatic heterocycles. The molecule has 32 heavy (non-hydrogen) atoms. The molecule has 1 aliphatic carbocycles. The van der Waals surface area contributed by atoms with E-state index in [9.17, 15) is 18.4 Å². The van der Waals surface area contributed by atoms with Crippen molar-refractivity contribution in [2.24, 2.45) is 5.73 Å². The molecule has 0 spiro atoms. The van der Waals surface area contributed by atoms with Gasteiger partial charge in [-0.25, -0.2) is 13.2 Å². The molecule has 0 unspecified atom stereocenters. The number of aromatic amines is 1. The molecular weight excluding hydrogens is 447 g/mol. The maximum absolute atomic E-state index is 15.2. The van der Waals surface area contributed by atoms with Crippen molar-refractivity contribution >= 4 is 33.6 Å². The van der Waals surface area contributed by atoms with E-state index in [1.807, 2.05) is 0 Å². The Morgan fingerprint density at radius 3 is 2.47 bits per heavy atom. The van der Waals surface area contributed by atoms with Gasteiger partial charge in [0.15, 0.2) is 5.39 Å². The van der Waals surface area contributed by atoms with Gasteiger partial charge in [0.05, 0.1) is 21.6 Å². The van der Waals surface area contributed by atoms with Crippen LogP contribution >= 0.6 is 11.6 Å². The number of halogens is 4. The van der Waals surface area contributed by atoms with Crippen LogP contribution in [0.2, 0.25) is 5.02 Å². The molecule has 5 rings (SSSR count). The van der Waals surface area contributed by atoms with Gasteiger partial charge in [-0.2, -0.15) is 5.16 Å². The van der Waals surface area contributed by atoms with Gasteiger partial charge < -0.3 is 10.3 Å². The Bertz CT molecular complexity index is 1500. The molecule has 6 nitrogen and oxygen atoms in total. The summed E-state index contributed by atoms with van der Waals surface area (Å²) >= 11 is 6.68. The van der Waals surface area contributed by atoms with Crippen molar-refractivity contribution in [1.29, 1.82) is 0 Å². The molecule has 0 radical (unpaired) electrons. The Morgan fingerprint density at radius 2 is 1.78 bits per heavy atom. The van der Waals surface area contributed by atoms with Crippen molar-refractivity contribution in [2.75, 3.05) is 0 Å². The molecule has 3 N–H and O–H groups in total. The molecule has 0 saturated heterocycles. The number of H-pyrrole nitrogens is 1. The molecule has 10 heteroatoms. The van der Waals surface area contributed by atoms with Crippen molar-refractivity contribution in [3.05, 3.63) is 72.9 Å². The summed E-state index contributed by atoms with van der Waals surface area (Å²) in [5, 5.41) is 1.32. The number of nitrogens with two attached hydrogens (primary N) is 1. The molecule has 1 saturated carbocycles. The second-order valence-corrected chi connectivity index (χ2v) is 8.45. The highest BCUT2D eigenvalue weighted by Crippen LogP contribution is 2.41. The molecule has 2 heterocycles. The van der Waals surface area contributed by atoms with Crippen LogP contribution in [0.3, 0.4) is 0 Å². The number of rotatable bonds is 2. The van der Waals surface area contributed by atoms with Crippen LogP contribution in [0.4, 0.5) is 13.2 Å². The fourth-order valence-corrected chi connectivity index (χ4v) is 5.01. The number of hydrogen-bond donors (Lipinski definition) is 2. The van der Waals surface area contributed by atoms with E-state index in [4.69, 9.17) is 21.9 Å². The molecule has 0 bridgehead atoms. The van der Waals surface area contributed by atoms with Crippen LogP contribution in [-0.4, -0.2) is 15.8 Å². The van der Waals surface area contributed by atoms with Gasteiger partial charge in [-0.1, -0.05) is 11.6 Å². The van der Waals surface area contributed by atoms with Crippen LogP contribution in [-0.2, 0) is 0 Å². The van der Waals surface area contributed by atoms with Crippen LogP contribution in [0, 0.1) is 17.5 Å². The summed E-state index contributed by atoms with van der Waals surface area (Å²) in [5.41, 5.74) is 3.96. The second-order valence-electron chi connectivity index (χ2n) is 8.07. The smallest absolute Gasteiger partial charge is 0.293 e. The Hall–Kier alpha value is -3.04. The third-order valence-corrected chi connectivity index (χ3v) is 6.52. The Balaban J connectivity index is 1.93. The van der Waals surface area contributed by atoms with Crippen molar-refractivity contribution < 1.29 is 17.7 Å². The van der Waals surface area contributed by atoms with Crippen molar-refractivity contribution in [3.63, 3.8) is 0 Å². The summed E-state index contributed by atoms with van der Waals surface area (Å²) in [6.07, 6.45) is 2.56. The molecule has 166 valence electrons. The highest BCUT2D eigenvalue weighted by Gasteiger charge is 2.29. The maximum Gasteiger partial charge on any atom is 0.293 e. The molecule has 2 aromatic heterocycles. The van der Waals surface area contributed by atoms with E-state index in [1.165, 1.54) is 0 Å². The number of nitrogens with one attached hydrogen (secondary N) is 1. The average molecular weight is 464 g/mol. The Morgan fingerprint density at radius 1 is 1.06 bits per heavy atom. The van der Waals surface area contributed by atoms with Gasteiger partial charge in [-0.05, 0) is 49.8 Å². The summed E-state index contributed by atoms with van der Waals surface area (Å²) in [6, 6.07) is 3.82. The van der Waals surface area contributed by atoms with E-state index in [1.54, 1.807) is 0 Å². The monoisotopic (exact) mass is 463 g/mol. The highest BCUT2D eigenvalue weighted by molar-refractivity contribution is 6.36. The minimum atomic E-state index is -0.981. The Kier molecular flexibility index (Phi) is 4.90. The first-order valence-corrected chi connectivity index (χ1v) is 10.4. The molecule has 0 atom stereocenters. The summed E-state index contributed by atoms with van der Waals surface area (Å²) in [7, 11) is 0. The fourth-order valence-electron chi connectivity index (χ4n) is 4.58. The lowest BCUT2D eigenvalue weighted by Gasteiger charge is -2.28. The predicted octanol–water partition coefficient (Wildman–Crippen LogP) is 4.48. The van der Waals surface area contributed by atoms with Crippen LogP contribution in [0.1, 0.15) is 37.2 Å². The topological polar surface area (TPSA) is 94.0 Å². The van der Waals surface area contributed by atoms with E-state index in [0.29, 0.717) is 31.7 Å².